The molecule has 0 N–H and O–H groups in total. The van der Waals surface area contributed by atoms with Gasteiger partial charge in [0.25, 0.3) is 0 Å². The number of rotatable bonds is 5. The molecular formula is C46H44N2. The predicted molar refractivity (Wildman–Crippen MR) is 205 cm³/mol. The second-order valence-electron chi connectivity index (χ2n) is 14.3. The predicted octanol–water partition coefficient (Wildman–Crippen LogP) is 11.7. The highest BCUT2D eigenvalue weighted by molar-refractivity contribution is 5.90. The monoisotopic (exact) mass is 624 g/mol. The van der Waals surface area contributed by atoms with Crippen molar-refractivity contribution in [2.24, 2.45) is 5.92 Å². The fraction of sp³-hybridized carbons (Fsp3) is 0.217. The van der Waals surface area contributed by atoms with Gasteiger partial charge in [0.05, 0.1) is 0 Å². The summed E-state index contributed by atoms with van der Waals surface area (Å²) in [6.45, 7) is 14.8. The van der Waals surface area contributed by atoms with Gasteiger partial charge in [-0.25, -0.2) is 0 Å². The summed E-state index contributed by atoms with van der Waals surface area (Å²) in [5, 5.41) is 0. The molecule has 1 saturated heterocycles. The fourth-order valence-electron chi connectivity index (χ4n) is 8.40. The number of fused-ring (bicyclic) bond motifs is 4. The molecule has 238 valence electrons. The van der Waals surface area contributed by atoms with Crippen molar-refractivity contribution in [2.45, 2.75) is 51.0 Å². The first-order chi connectivity index (χ1) is 23.4. The minimum absolute atomic E-state index is 0.152. The topological polar surface area (TPSA) is 6.48 Å². The molecule has 2 aliphatic carbocycles. The van der Waals surface area contributed by atoms with Crippen LogP contribution in [0.15, 0.2) is 152 Å². The van der Waals surface area contributed by atoms with Crippen LogP contribution in [-0.4, -0.2) is 12.6 Å². The molecule has 8 rings (SSSR count). The Morgan fingerprint density at radius 1 is 0.854 bits per heavy atom. The van der Waals surface area contributed by atoms with E-state index in [1.807, 2.05) is 0 Å². The molecule has 0 spiro atoms. The van der Waals surface area contributed by atoms with Gasteiger partial charge < -0.3 is 9.80 Å². The van der Waals surface area contributed by atoms with Crippen LogP contribution in [0.3, 0.4) is 0 Å². The van der Waals surface area contributed by atoms with E-state index in [4.69, 9.17) is 0 Å². The number of allylic oxidation sites excluding steroid dienone is 7. The number of piperidine rings is 1. The van der Waals surface area contributed by atoms with Crippen LogP contribution in [0, 0.1) is 5.92 Å². The van der Waals surface area contributed by atoms with Gasteiger partial charge in [-0.15, -0.1) is 0 Å². The summed E-state index contributed by atoms with van der Waals surface area (Å²) in [4.78, 5) is 5.04. The van der Waals surface area contributed by atoms with Gasteiger partial charge in [-0.05, 0) is 106 Å². The van der Waals surface area contributed by atoms with Gasteiger partial charge in [-0.2, -0.15) is 0 Å². The molecule has 2 unspecified atom stereocenters. The van der Waals surface area contributed by atoms with Crippen molar-refractivity contribution in [3.8, 4) is 0 Å². The molecule has 2 heterocycles. The first-order valence-corrected chi connectivity index (χ1v) is 17.5. The minimum atomic E-state index is -0.152. The van der Waals surface area contributed by atoms with Crippen molar-refractivity contribution in [1.82, 2.24) is 0 Å². The molecule has 4 aliphatic rings. The van der Waals surface area contributed by atoms with Crippen LogP contribution in [0.2, 0.25) is 0 Å². The Bertz CT molecular complexity index is 1990. The minimum Gasteiger partial charge on any atom is -0.368 e. The maximum absolute atomic E-state index is 4.58. The van der Waals surface area contributed by atoms with Crippen LogP contribution in [-0.2, 0) is 11.8 Å². The quantitative estimate of drug-likeness (QED) is 0.180. The smallest absolute Gasteiger partial charge is 0.0497 e. The van der Waals surface area contributed by atoms with Crippen molar-refractivity contribution >= 4 is 34.4 Å². The van der Waals surface area contributed by atoms with Crippen LogP contribution < -0.4 is 9.80 Å². The van der Waals surface area contributed by atoms with Gasteiger partial charge in [0.15, 0.2) is 0 Å². The Morgan fingerprint density at radius 2 is 1.56 bits per heavy atom. The number of para-hydroxylation sites is 2. The summed E-state index contributed by atoms with van der Waals surface area (Å²) in [5.41, 5.74) is 14.7. The Morgan fingerprint density at radius 3 is 2.31 bits per heavy atom. The molecule has 0 saturated carbocycles. The van der Waals surface area contributed by atoms with E-state index in [9.17, 15) is 0 Å². The summed E-state index contributed by atoms with van der Waals surface area (Å²) in [7, 11) is 0. The lowest BCUT2D eigenvalue weighted by Gasteiger charge is -2.41. The first kappa shape index (κ1) is 30.3. The van der Waals surface area contributed by atoms with E-state index in [1.165, 1.54) is 63.4 Å². The molecule has 48 heavy (non-hydrogen) atoms. The molecule has 4 aromatic carbocycles. The van der Waals surface area contributed by atoms with E-state index in [1.54, 1.807) is 0 Å². The molecule has 1 fully saturated rings. The summed E-state index contributed by atoms with van der Waals surface area (Å²) in [6, 6.07) is 33.9. The zero-order valence-corrected chi connectivity index (χ0v) is 28.2. The van der Waals surface area contributed by atoms with Crippen LogP contribution in [0.5, 0.6) is 0 Å². The van der Waals surface area contributed by atoms with E-state index < -0.39 is 0 Å². The Balaban J connectivity index is 1.02. The highest BCUT2D eigenvalue weighted by Crippen LogP contribution is 2.51. The van der Waals surface area contributed by atoms with Gasteiger partial charge in [-0.3, -0.25) is 0 Å². The third-order valence-corrected chi connectivity index (χ3v) is 11.0. The van der Waals surface area contributed by atoms with Crippen LogP contribution in [0.1, 0.15) is 60.9 Å². The molecule has 2 nitrogen and oxygen atoms in total. The molecular weight excluding hydrogens is 581 g/mol. The maximum atomic E-state index is 4.58. The molecule has 2 aliphatic heterocycles. The van der Waals surface area contributed by atoms with Gasteiger partial charge in [0.1, 0.15) is 0 Å². The van der Waals surface area contributed by atoms with Crippen molar-refractivity contribution in [3.63, 3.8) is 0 Å². The van der Waals surface area contributed by atoms with Crippen LogP contribution in [0.4, 0.5) is 22.7 Å². The van der Waals surface area contributed by atoms with Gasteiger partial charge in [-0.1, -0.05) is 124 Å². The Labute approximate surface area is 286 Å². The number of nitrogens with zero attached hydrogens (tertiary/aromatic N) is 2. The second kappa shape index (κ2) is 12.2. The Kier molecular flexibility index (Phi) is 7.68. The van der Waals surface area contributed by atoms with E-state index >= 15 is 0 Å². The van der Waals surface area contributed by atoms with Crippen LogP contribution in [0.25, 0.3) is 11.6 Å². The molecule has 0 bridgehead atoms. The van der Waals surface area contributed by atoms with Crippen molar-refractivity contribution in [3.05, 3.63) is 180 Å². The summed E-state index contributed by atoms with van der Waals surface area (Å²) in [6.07, 6.45) is 20.3. The summed E-state index contributed by atoms with van der Waals surface area (Å²) in [5.74, 6) is 0.616. The zero-order valence-electron chi connectivity index (χ0n) is 28.2. The zero-order chi connectivity index (χ0) is 32.8. The number of anilines is 4. The SMILES string of the molecule is C=C(C=Cc1ccc(N2c3ccccc3Cc3ccccc32)cc1)C=C1C(=C)c2ccc(N3CCCC4C=CC=CCC43)cc2C1(C)C. The van der Waals surface area contributed by atoms with E-state index in [0.29, 0.717) is 12.0 Å². The third-order valence-electron chi connectivity index (χ3n) is 11.0. The first-order valence-electron chi connectivity index (χ1n) is 17.5. The molecule has 2 heteroatoms. The fourth-order valence-corrected chi connectivity index (χ4v) is 8.40. The normalized spacial score (nSPS) is 21.5. The van der Waals surface area contributed by atoms with Gasteiger partial charge >= 0.3 is 0 Å². The number of hydrogen-bond acceptors (Lipinski definition) is 2. The highest BCUT2D eigenvalue weighted by Gasteiger charge is 2.38. The molecule has 0 aromatic heterocycles. The Hall–Kier alpha value is -5.08. The number of benzene rings is 4. The summed E-state index contributed by atoms with van der Waals surface area (Å²) < 4.78 is 0. The van der Waals surface area contributed by atoms with E-state index in [-0.39, 0.29) is 5.41 Å². The lowest BCUT2D eigenvalue weighted by molar-refractivity contribution is 0.380. The summed E-state index contributed by atoms with van der Waals surface area (Å²) >= 11 is 0. The molecule has 0 amide bonds. The highest BCUT2D eigenvalue weighted by atomic mass is 15.2. The molecule has 0 radical (unpaired) electrons. The lowest BCUT2D eigenvalue weighted by Crippen LogP contribution is -2.44. The van der Waals surface area contributed by atoms with Gasteiger partial charge in [0, 0.05) is 47.2 Å². The third kappa shape index (κ3) is 5.30. The maximum Gasteiger partial charge on any atom is 0.0497 e. The standard InChI is InChI=1S/C46H44N2/c1-32(20-21-34-22-24-38(25-23-34)48-44-18-10-8-14-36(44)30-37-15-9-11-19-45(37)48)29-41-33(2)40-27-26-39(31-42(40)46(41,3)4)47-28-12-16-35-13-6-5-7-17-43(35)47/h5-11,13-15,18-27,29,31,35,43H,1-2,12,16-17,28,30H2,3-4H3. The molecule has 4 aromatic rings. The van der Waals surface area contributed by atoms with Gasteiger partial charge in [0.2, 0.25) is 0 Å². The van der Waals surface area contributed by atoms with E-state index in [2.05, 4.69) is 170 Å². The van der Waals surface area contributed by atoms with Crippen molar-refractivity contribution in [1.29, 1.82) is 0 Å². The average molecular weight is 625 g/mol. The number of hydrogen-bond donors (Lipinski definition) is 0. The van der Waals surface area contributed by atoms with E-state index in [0.717, 1.165) is 36.1 Å². The lowest BCUT2D eigenvalue weighted by atomic mass is 9.81. The largest absolute Gasteiger partial charge is 0.368 e. The average Bonchev–Trinajstić information content (AvgIpc) is 3.27. The second-order valence-corrected chi connectivity index (χ2v) is 14.3. The molecule has 2 atom stereocenters. The van der Waals surface area contributed by atoms with Crippen LogP contribution >= 0.6 is 0 Å². The van der Waals surface area contributed by atoms with Crippen molar-refractivity contribution < 1.29 is 0 Å². The van der Waals surface area contributed by atoms with Crippen molar-refractivity contribution in [2.75, 3.05) is 16.3 Å².